The van der Waals surface area contributed by atoms with E-state index in [-0.39, 0.29) is 12.2 Å². The molecule has 0 fully saturated rings. The van der Waals surface area contributed by atoms with E-state index in [2.05, 4.69) is 4.99 Å². The number of carbonyl (C=O) groups is 1. The Morgan fingerprint density at radius 2 is 2.00 bits per heavy atom. The van der Waals surface area contributed by atoms with E-state index >= 15 is 0 Å². The zero-order chi connectivity index (χ0) is 22.1. The van der Waals surface area contributed by atoms with Gasteiger partial charge in [-0.25, -0.2) is 9.79 Å². The standard InChI is InChI=1S/C23H23N3O3S2/c1-5-29-22(28)19-14(2)24-23-26(20(19)17-7-6-12-30-17)21(27)18(31-23)13-15-8-10-16(11-9-15)25(3)4/h6-13,20H,5H2,1-4H3/b18-13-/t20-/m0/s1. The smallest absolute Gasteiger partial charge is 0.338 e. The lowest BCUT2D eigenvalue weighted by Crippen LogP contribution is -2.39. The zero-order valence-electron chi connectivity index (χ0n) is 17.8. The minimum Gasteiger partial charge on any atom is -0.463 e. The van der Waals surface area contributed by atoms with Gasteiger partial charge in [-0.3, -0.25) is 9.36 Å². The van der Waals surface area contributed by atoms with Crippen molar-refractivity contribution >= 4 is 40.4 Å². The van der Waals surface area contributed by atoms with Gasteiger partial charge in [0.2, 0.25) is 0 Å². The number of hydrogen-bond acceptors (Lipinski definition) is 7. The lowest BCUT2D eigenvalue weighted by molar-refractivity contribution is -0.139. The molecule has 4 rings (SSSR count). The minimum absolute atomic E-state index is 0.159. The van der Waals surface area contributed by atoms with Crippen LogP contribution in [0.1, 0.15) is 30.3 Å². The number of ether oxygens (including phenoxy) is 1. The average molecular weight is 454 g/mol. The van der Waals surface area contributed by atoms with Gasteiger partial charge in [0.1, 0.15) is 6.04 Å². The predicted octanol–water partition coefficient (Wildman–Crippen LogP) is 2.93. The van der Waals surface area contributed by atoms with Crippen molar-refractivity contribution in [3.63, 3.8) is 0 Å². The summed E-state index contributed by atoms with van der Waals surface area (Å²) in [5, 5.41) is 1.94. The molecule has 0 amide bonds. The maximum Gasteiger partial charge on any atom is 0.338 e. The Morgan fingerprint density at radius 3 is 2.61 bits per heavy atom. The van der Waals surface area contributed by atoms with Crippen LogP contribution in [0.3, 0.4) is 0 Å². The molecule has 1 aliphatic heterocycles. The molecule has 0 saturated carbocycles. The number of fused-ring (bicyclic) bond motifs is 1. The van der Waals surface area contributed by atoms with E-state index in [1.54, 1.807) is 18.4 Å². The summed E-state index contributed by atoms with van der Waals surface area (Å²) < 4.78 is 7.49. The van der Waals surface area contributed by atoms with Gasteiger partial charge in [-0.15, -0.1) is 11.3 Å². The van der Waals surface area contributed by atoms with E-state index in [1.165, 1.54) is 22.7 Å². The van der Waals surface area contributed by atoms with Crippen molar-refractivity contribution in [3.8, 4) is 0 Å². The number of allylic oxidation sites excluding steroid dienone is 1. The van der Waals surface area contributed by atoms with E-state index in [0.717, 1.165) is 16.1 Å². The summed E-state index contributed by atoms with van der Waals surface area (Å²) >= 11 is 2.84. The van der Waals surface area contributed by atoms with Crippen LogP contribution >= 0.6 is 22.7 Å². The van der Waals surface area contributed by atoms with Gasteiger partial charge in [0.15, 0.2) is 4.80 Å². The van der Waals surface area contributed by atoms with Crippen LogP contribution in [0.5, 0.6) is 0 Å². The van der Waals surface area contributed by atoms with Gasteiger partial charge in [0, 0.05) is 24.7 Å². The molecule has 0 spiro atoms. The Morgan fingerprint density at radius 1 is 1.26 bits per heavy atom. The summed E-state index contributed by atoms with van der Waals surface area (Å²) in [5.41, 5.74) is 2.86. The second-order valence-electron chi connectivity index (χ2n) is 7.30. The molecule has 0 bridgehead atoms. The van der Waals surface area contributed by atoms with Gasteiger partial charge in [-0.05, 0) is 49.1 Å². The normalized spacial score (nSPS) is 16.1. The summed E-state index contributed by atoms with van der Waals surface area (Å²) in [7, 11) is 3.97. The molecule has 8 heteroatoms. The zero-order valence-corrected chi connectivity index (χ0v) is 19.4. The fraction of sp³-hybridized carbons (Fsp3) is 0.261. The lowest BCUT2D eigenvalue weighted by Gasteiger charge is -2.23. The van der Waals surface area contributed by atoms with Crippen molar-refractivity contribution in [1.29, 1.82) is 0 Å². The summed E-state index contributed by atoms with van der Waals surface area (Å²) in [4.78, 5) is 34.3. The van der Waals surface area contributed by atoms with Gasteiger partial charge >= 0.3 is 5.97 Å². The fourth-order valence-electron chi connectivity index (χ4n) is 3.53. The number of aromatic nitrogens is 1. The quantitative estimate of drug-likeness (QED) is 0.558. The Kier molecular flexibility index (Phi) is 5.93. The van der Waals surface area contributed by atoms with Crippen molar-refractivity contribution in [2.24, 2.45) is 4.99 Å². The number of anilines is 1. The molecule has 2 aromatic heterocycles. The number of benzene rings is 1. The summed E-state index contributed by atoms with van der Waals surface area (Å²) in [6.45, 7) is 3.83. The van der Waals surface area contributed by atoms with Crippen LogP contribution in [-0.2, 0) is 9.53 Å². The van der Waals surface area contributed by atoms with Gasteiger partial charge < -0.3 is 9.64 Å². The number of rotatable bonds is 5. The van der Waals surface area contributed by atoms with Crippen LogP contribution in [-0.4, -0.2) is 31.2 Å². The first kappa shape index (κ1) is 21.3. The molecular formula is C23H23N3O3S2. The van der Waals surface area contributed by atoms with Crippen molar-refractivity contribution in [1.82, 2.24) is 4.57 Å². The predicted molar refractivity (Wildman–Crippen MR) is 125 cm³/mol. The molecule has 0 saturated heterocycles. The third kappa shape index (κ3) is 4.00. The molecule has 0 N–H and O–H groups in total. The van der Waals surface area contributed by atoms with E-state index < -0.39 is 12.0 Å². The Balaban J connectivity index is 1.87. The van der Waals surface area contributed by atoms with Crippen molar-refractivity contribution in [2.45, 2.75) is 19.9 Å². The third-order valence-corrected chi connectivity index (χ3v) is 6.94. The molecule has 1 atom stereocenters. The number of carbonyl (C=O) groups excluding carboxylic acids is 1. The SMILES string of the molecule is CCOC(=O)C1=C(C)N=c2s/c(=C\c3ccc(N(C)C)cc3)c(=O)n2[C@H]1c1cccs1. The number of esters is 1. The first-order chi connectivity index (χ1) is 14.9. The molecule has 160 valence electrons. The van der Waals surface area contributed by atoms with Crippen LogP contribution in [0.2, 0.25) is 0 Å². The molecule has 1 aromatic carbocycles. The van der Waals surface area contributed by atoms with Gasteiger partial charge in [-0.2, -0.15) is 0 Å². The minimum atomic E-state index is -0.534. The second-order valence-corrected chi connectivity index (χ2v) is 9.29. The second kappa shape index (κ2) is 8.64. The van der Waals surface area contributed by atoms with E-state index in [0.29, 0.717) is 20.6 Å². The first-order valence-electron chi connectivity index (χ1n) is 9.91. The van der Waals surface area contributed by atoms with E-state index in [4.69, 9.17) is 4.74 Å². The van der Waals surface area contributed by atoms with Crippen molar-refractivity contribution in [3.05, 3.63) is 83.2 Å². The molecule has 31 heavy (non-hydrogen) atoms. The number of thiophene rings is 1. The van der Waals surface area contributed by atoms with E-state index in [1.807, 2.05) is 66.8 Å². The van der Waals surface area contributed by atoms with E-state index in [9.17, 15) is 9.59 Å². The highest BCUT2D eigenvalue weighted by Crippen LogP contribution is 2.33. The molecule has 1 aliphatic rings. The Bertz CT molecular complexity index is 1310. The number of thiazole rings is 1. The van der Waals surface area contributed by atoms with Gasteiger partial charge in [0.05, 0.1) is 22.4 Å². The number of hydrogen-bond donors (Lipinski definition) is 0. The van der Waals surface area contributed by atoms with Crippen molar-refractivity contribution in [2.75, 3.05) is 25.6 Å². The summed E-state index contributed by atoms with van der Waals surface area (Å²) in [5.74, 6) is -0.435. The maximum atomic E-state index is 13.4. The fourth-order valence-corrected chi connectivity index (χ4v) is 5.40. The molecule has 3 aromatic rings. The van der Waals surface area contributed by atoms with Crippen LogP contribution in [0.25, 0.3) is 6.08 Å². The highest BCUT2D eigenvalue weighted by Gasteiger charge is 2.33. The summed E-state index contributed by atoms with van der Waals surface area (Å²) in [6.07, 6.45) is 1.87. The topological polar surface area (TPSA) is 63.9 Å². The third-order valence-electron chi connectivity index (χ3n) is 5.04. The van der Waals surface area contributed by atoms with Crippen LogP contribution in [0.4, 0.5) is 5.69 Å². The van der Waals surface area contributed by atoms with Crippen molar-refractivity contribution < 1.29 is 9.53 Å². The maximum absolute atomic E-state index is 13.4. The van der Waals surface area contributed by atoms with Crippen LogP contribution in [0.15, 0.2) is 62.8 Å². The molecular weight excluding hydrogens is 430 g/mol. The Hall–Kier alpha value is -2.97. The van der Waals surface area contributed by atoms with Crippen LogP contribution < -0.4 is 19.8 Å². The molecule has 6 nitrogen and oxygen atoms in total. The lowest BCUT2D eigenvalue weighted by atomic mass is 10.0. The highest BCUT2D eigenvalue weighted by molar-refractivity contribution is 7.10. The number of nitrogens with zero attached hydrogens (tertiary/aromatic N) is 3. The molecule has 0 aliphatic carbocycles. The van der Waals surface area contributed by atoms with Gasteiger partial charge in [0.25, 0.3) is 5.56 Å². The summed E-state index contributed by atoms with van der Waals surface area (Å²) in [6, 6.07) is 11.3. The average Bonchev–Trinajstić information content (AvgIpc) is 3.36. The highest BCUT2D eigenvalue weighted by atomic mass is 32.1. The molecule has 0 radical (unpaired) electrons. The van der Waals surface area contributed by atoms with Gasteiger partial charge in [-0.1, -0.05) is 29.5 Å². The largest absolute Gasteiger partial charge is 0.463 e. The molecule has 3 heterocycles. The van der Waals surface area contributed by atoms with Crippen LogP contribution in [0, 0.1) is 0 Å². The first-order valence-corrected chi connectivity index (χ1v) is 11.6. The Labute approximate surface area is 188 Å². The monoisotopic (exact) mass is 453 g/mol. The molecule has 0 unspecified atom stereocenters.